The second-order valence-corrected chi connectivity index (χ2v) is 4.37. The minimum Gasteiger partial charge on any atom is -0.508 e. The van der Waals surface area contributed by atoms with E-state index in [4.69, 9.17) is 12.2 Å². The van der Waals surface area contributed by atoms with Gasteiger partial charge in [0, 0.05) is 6.54 Å². The molecule has 0 unspecified atom stereocenters. The van der Waals surface area contributed by atoms with Crippen LogP contribution in [-0.2, 0) is 0 Å². The van der Waals surface area contributed by atoms with E-state index in [9.17, 15) is 5.11 Å². The molecule has 0 heterocycles. The van der Waals surface area contributed by atoms with E-state index in [0.717, 1.165) is 30.7 Å². The zero-order valence-corrected chi connectivity index (χ0v) is 11.5. The molecule has 0 saturated carbocycles. The van der Waals surface area contributed by atoms with Gasteiger partial charge < -0.3 is 10.4 Å². The average Bonchev–Trinajstić information content (AvgIpc) is 2.37. The molecule has 1 rings (SSSR count). The van der Waals surface area contributed by atoms with E-state index in [0.29, 0.717) is 5.11 Å². The molecule has 0 bridgehead atoms. The predicted molar refractivity (Wildman–Crippen MR) is 79.0 cm³/mol. The van der Waals surface area contributed by atoms with Gasteiger partial charge in [-0.05, 0) is 55.4 Å². The van der Waals surface area contributed by atoms with Gasteiger partial charge in [-0.25, -0.2) is 0 Å². The van der Waals surface area contributed by atoms with Crippen molar-refractivity contribution < 1.29 is 5.11 Å². The first-order valence-corrected chi connectivity index (χ1v) is 6.42. The second-order valence-electron chi connectivity index (χ2n) is 3.97. The van der Waals surface area contributed by atoms with Gasteiger partial charge in [0.2, 0.25) is 0 Å². The van der Waals surface area contributed by atoms with E-state index in [2.05, 4.69) is 22.8 Å². The molecular weight excluding hydrogens is 246 g/mol. The van der Waals surface area contributed by atoms with Gasteiger partial charge in [-0.1, -0.05) is 13.3 Å². The number of phenolic OH excluding ortho intramolecular Hbond substituents is 1. The van der Waals surface area contributed by atoms with Gasteiger partial charge in [-0.15, -0.1) is 0 Å². The number of hydrazone groups is 1. The van der Waals surface area contributed by atoms with Crippen molar-refractivity contribution >= 4 is 23.0 Å². The van der Waals surface area contributed by atoms with E-state index in [-0.39, 0.29) is 5.75 Å². The fourth-order valence-electron chi connectivity index (χ4n) is 1.32. The number of benzene rings is 1. The molecule has 0 aromatic heterocycles. The summed E-state index contributed by atoms with van der Waals surface area (Å²) in [5, 5.41) is 17.0. The molecule has 0 radical (unpaired) electrons. The van der Waals surface area contributed by atoms with E-state index in [1.54, 1.807) is 12.1 Å². The number of rotatable bonds is 5. The third-order valence-corrected chi connectivity index (χ3v) is 2.66. The number of nitrogens with zero attached hydrogens (tertiary/aromatic N) is 1. The molecule has 0 saturated heterocycles. The molecule has 4 nitrogen and oxygen atoms in total. The summed E-state index contributed by atoms with van der Waals surface area (Å²) in [5.74, 6) is 0.247. The van der Waals surface area contributed by atoms with Crippen LogP contribution in [0.2, 0.25) is 0 Å². The molecule has 18 heavy (non-hydrogen) atoms. The maximum absolute atomic E-state index is 9.19. The van der Waals surface area contributed by atoms with Crippen molar-refractivity contribution in [1.82, 2.24) is 10.7 Å². The lowest BCUT2D eigenvalue weighted by atomic mass is 10.1. The van der Waals surface area contributed by atoms with Crippen LogP contribution in [0.5, 0.6) is 5.75 Å². The molecule has 0 fully saturated rings. The van der Waals surface area contributed by atoms with Crippen molar-refractivity contribution in [2.24, 2.45) is 5.10 Å². The van der Waals surface area contributed by atoms with Crippen molar-refractivity contribution in [2.45, 2.75) is 26.7 Å². The summed E-state index contributed by atoms with van der Waals surface area (Å²) in [6.07, 6.45) is 2.22. The Morgan fingerprint density at radius 1 is 1.33 bits per heavy atom. The van der Waals surface area contributed by atoms with Crippen LogP contribution in [0.4, 0.5) is 0 Å². The average molecular weight is 265 g/mol. The highest BCUT2D eigenvalue weighted by atomic mass is 32.1. The van der Waals surface area contributed by atoms with Crippen molar-refractivity contribution in [3.63, 3.8) is 0 Å². The molecular formula is C13H19N3OS. The minimum atomic E-state index is 0.247. The number of phenols is 1. The van der Waals surface area contributed by atoms with Crippen LogP contribution in [0.1, 0.15) is 32.3 Å². The van der Waals surface area contributed by atoms with Crippen LogP contribution in [-0.4, -0.2) is 22.5 Å². The zero-order valence-electron chi connectivity index (χ0n) is 10.7. The Kier molecular flexibility index (Phi) is 6.14. The Labute approximate surface area is 113 Å². The lowest BCUT2D eigenvalue weighted by Gasteiger charge is -2.07. The maximum Gasteiger partial charge on any atom is 0.186 e. The van der Waals surface area contributed by atoms with Crippen LogP contribution >= 0.6 is 12.2 Å². The molecule has 3 N–H and O–H groups in total. The number of aromatic hydroxyl groups is 1. The predicted octanol–water partition coefficient (Wildman–Crippen LogP) is 2.38. The van der Waals surface area contributed by atoms with Crippen LogP contribution in [0.25, 0.3) is 0 Å². The Balaban J connectivity index is 2.46. The SMILES string of the molecule is CCCCNC(=S)N/N=C(/C)c1ccc(O)cc1. The van der Waals surface area contributed by atoms with Gasteiger partial charge in [0.15, 0.2) is 5.11 Å². The molecule has 0 spiro atoms. The minimum absolute atomic E-state index is 0.247. The quantitative estimate of drug-likeness (QED) is 0.331. The Bertz CT molecular complexity index is 415. The fourth-order valence-corrected chi connectivity index (χ4v) is 1.47. The first-order valence-electron chi connectivity index (χ1n) is 6.01. The van der Waals surface area contributed by atoms with E-state index >= 15 is 0 Å². The van der Waals surface area contributed by atoms with E-state index < -0.39 is 0 Å². The van der Waals surface area contributed by atoms with Crippen LogP contribution in [0, 0.1) is 0 Å². The smallest absolute Gasteiger partial charge is 0.186 e. The highest BCUT2D eigenvalue weighted by Gasteiger charge is 1.98. The summed E-state index contributed by atoms with van der Waals surface area (Å²) in [7, 11) is 0. The third kappa shape index (κ3) is 5.14. The largest absolute Gasteiger partial charge is 0.508 e. The van der Waals surface area contributed by atoms with Crippen LogP contribution in [0.3, 0.4) is 0 Å². The van der Waals surface area contributed by atoms with Crippen molar-refractivity contribution in [3.05, 3.63) is 29.8 Å². The lowest BCUT2D eigenvalue weighted by Crippen LogP contribution is -2.33. The van der Waals surface area contributed by atoms with Gasteiger partial charge in [-0.3, -0.25) is 5.43 Å². The number of unbranched alkanes of at least 4 members (excludes halogenated alkanes) is 1. The third-order valence-electron chi connectivity index (χ3n) is 2.43. The summed E-state index contributed by atoms with van der Waals surface area (Å²) in [6, 6.07) is 6.88. The topological polar surface area (TPSA) is 56.7 Å². The molecule has 0 amide bonds. The van der Waals surface area contributed by atoms with Crippen molar-refractivity contribution in [3.8, 4) is 5.75 Å². The van der Waals surface area contributed by atoms with E-state index in [1.807, 2.05) is 19.1 Å². The van der Waals surface area contributed by atoms with Gasteiger partial charge in [0.1, 0.15) is 5.75 Å². The molecule has 0 aliphatic carbocycles. The van der Waals surface area contributed by atoms with E-state index in [1.165, 1.54) is 0 Å². The van der Waals surface area contributed by atoms with Crippen molar-refractivity contribution in [1.29, 1.82) is 0 Å². The number of hydrogen-bond donors (Lipinski definition) is 3. The van der Waals surface area contributed by atoms with Gasteiger partial charge in [-0.2, -0.15) is 5.10 Å². The standard InChI is InChI=1S/C13H19N3OS/c1-3-4-9-14-13(18)16-15-10(2)11-5-7-12(17)8-6-11/h5-8,17H,3-4,9H2,1-2H3,(H2,14,16,18)/b15-10-. The number of thiocarbonyl (C=S) groups is 1. The second kappa shape index (κ2) is 7.66. The summed E-state index contributed by atoms with van der Waals surface area (Å²) in [4.78, 5) is 0. The molecule has 1 aromatic carbocycles. The summed E-state index contributed by atoms with van der Waals surface area (Å²) >= 11 is 5.09. The molecule has 0 atom stereocenters. The van der Waals surface area contributed by atoms with Gasteiger partial charge in [0.05, 0.1) is 5.71 Å². The highest BCUT2D eigenvalue weighted by molar-refractivity contribution is 7.80. The Morgan fingerprint density at radius 2 is 2.00 bits per heavy atom. The molecule has 5 heteroatoms. The summed E-state index contributed by atoms with van der Waals surface area (Å²) < 4.78 is 0. The molecule has 0 aliphatic heterocycles. The lowest BCUT2D eigenvalue weighted by molar-refractivity contribution is 0.475. The summed E-state index contributed by atoms with van der Waals surface area (Å²) in [6.45, 7) is 4.87. The molecule has 98 valence electrons. The number of hydrogen-bond acceptors (Lipinski definition) is 3. The first-order chi connectivity index (χ1) is 8.63. The summed E-state index contributed by atoms with van der Waals surface area (Å²) in [5.41, 5.74) is 4.56. The Morgan fingerprint density at radius 3 is 2.61 bits per heavy atom. The fraction of sp³-hybridized carbons (Fsp3) is 0.385. The van der Waals surface area contributed by atoms with Gasteiger partial charge in [0.25, 0.3) is 0 Å². The zero-order chi connectivity index (χ0) is 13.4. The van der Waals surface area contributed by atoms with Gasteiger partial charge >= 0.3 is 0 Å². The number of nitrogens with one attached hydrogen (secondary N) is 2. The first kappa shape index (κ1) is 14.4. The molecule has 1 aromatic rings. The van der Waals surface area contributed by atoms with Crippen LogP contribution in [0.15, 0.2) is 29.4 Å². The normalized spacial score (nSPS) is 11.1. The van der Waals surface area contributed by atoms with Crippen LogP contribution < -0.4 is 10.7 Å². The Hall–Kier alpha value is -1.62. The highest BCUT2D eigenvalue weighted by Crippen LogP contribution is 2.10. The maximum atomic E-state index is 9.19. The monoisotopic (exact) mass is 265 g/mol. The van der Waals surface area contributed by atoms with Crippen molar-refractivity contribution in [2.75, 3.05) is 6.54 Å². The molecule has 0 aliphatic rings.